The molecule has 5 heteroatoms. The predicted octanol–water partition coefficient (Wildman–Crippen LogP) is -1.08. The Bertz CT molecular complexity index is 248. The highest BCUT2D eigenvalue weighted by atomic mass is 16.2. The number of nitriles is 1. The maximum atomic E-state index is 11.4. The maximum Gasteiger partial charge on any atom is 0.236 e. The van der Waals surface area contributed by atoms with E-state index in [0.717, 1.165) is 13.1 Å². The Hall–Kier alpha value is -1.12. The number of rotatable bonds is 2. The molecule has 0 spiro atoms. The van der Waals surface area contributed by atoms with Crippen molar-refractivity contribution in [3.05, 3.63) is 0 Å². The van der Waals surface area contributed by atoms with E-state index in [1.807, 2.05) is 11.8 Å². The topological polar surface area (TPSA) is 68.2 Å². The normalized spacial score (nSPS) is 25.1. The van der Waals surface area contributed by atoms with Crippen LogP contribution in [0.3, 0.4) is 0 Å². The van der Waals surface area contributed by atoms with Crippen molar-refractivity contribution in [2.75, 3.05) is 26.7 Å². The van der Waals surface area contributed by atoms with Gasteiger partial charge < -0.3 is 10.6 Å². The molecule has 5 nitrogen and oxygen atoms in total. The standard InChI is InChI=1S/C9H16N4O/c1-7(9(14)11-2)13-4-3-12-6-8(13)5-10/h7-8,12H,3-4,6H2,1-2H3,(H,11,14). The van der Waals surface area contributed by atoms with E-state index < -0.39 is 0 Å². The fraction of sp³-hybridized carbons (Fsp3) is 0.778. The Morgan fingerprint density at radius 3 is 3.07 bits per heavy atom. The van der Waals surface area contributed by atoms with E-state index in [1.165, 1.54) is 0 Å². The molecule has 1 rings (SSSR count). The third kappa shape index (κ3) is 2.22. The summed E-state index contributed by atoms with van der Waals surface area (Å²) in [5, 5.41) is 14.6. The Balaban J connectivity index is 2.64. The van der Waals surface area contributed by atoms with Crippen LogP contribution in [0.5, 0.6) is 0 Å². The van der Waals surface area contributed by atoms with Crippen LogP contribution >= 0.6 is 0 Å². The Labute approximate surface area is 84.1 Å². The van der Waals surface area contributed by atoms with Gasteiger partial charge in [0.25, 0.3) is 0 Å². The van der Waals surface area contributed by atoms with Gasteiger partial charge in [0.1, 0.15) is 6.04 Å². The zero-order chi connectivity index (χ0) is 10.6. The molecule has 2 unspecified atom stereocenters. The Kier molecular flexibility index (Phi) is 3.86. The molecule has 0 radical (unpaired) electrons. The lowest BCUT2D eigenvalue weighted by Gasteiger charge is -2.35. The number of nitrogens with zero attached hydrogens (tertiary/aromatic N) is 2. The summed E-state index contributed by atoms with van der Waals surface area (Å²) >= 11 is 0. The summed E-state index contributed by atoms with van der Waals surface area (Å²) in [7, 11) is 1.61. The predicted molar refractivity (Wildman–Crippen MR) is 52.5 cm³/mol. The molecule has 1 saturated heterocycles. The van der Waals surface area contributed by atoms with Crippen molar-refractivity contribution in [2.24, 2.45) is 0 Å². The summed E-state index contributed by atoms with van der Waals surface area (Å²) in [6.07, 6.45) is 0. The second-order valence-electron chi connectivity index (χ2n) is 3.38. The zero-order valence-corrected chi connectivity index (χ0v) is 8.58. The average molecular weight is 196 g/mol. The van der Waals surface area contributed by atoms with Crippen LogP contribution in [0.1, 0.15) is 6.92 Å². The molecule has 1 amide bonds. The van der Waals surface area contributed by atoms with Gasteiger partial charge in [-0.25, -0.2) is 0 Å². The minimum atomic E-state index is -0.230. The number of carbonyl (C=O) groups is 1. The lowest BCUT2D eigenvalue weighted by atomic mass is 10.1. The first kappa shape index (κ1) is 11.0. The van der Waals surface area contributed by atoms with Crippen molar-refractivity contribution >= 4 is 5.91 Å². The highest BCUT2D eigenvalue weighted by molar-refractivity contribution is 5.81. The molecule has 2 N–H and O–H groups in total. The zero-order valence-electron chi connectivity index (χ0n) is 8.58. The minimum absolute atomic E-state index is 0.0350. The van der Waals surface area contributed by atoms with Gasteiger partial charge in [-0.3, -0.25) is 9.69 Å². The van der Waals surface area contributed by atoms with Crippen molar-refractivity contribution < 1.29 is 4.79 Å². The molecular weight excluding hydrogens is 180 g/mol. The van der Waals surface area contributed by atoms with Gasteiger partial charge in [0.2, 0.25) is 5.91 Å². The SMILES string of the molecule is CNC(=O)C(C)N1CCNCC1C#N. The number of likely N-dealkylation sites (N-methyl/N-ethyl adjacent to an activating group) is 1. The quantitative estimate of drug-likeness (QED) is 0.589. The number of hydrogen-bond donors (Lipinski definition) is 2. The maximum absolute atomic E-state index is 11.4. The van der Waals surface area contributed by atoms with Gasteiger partial charge in [0.05, 0.1) is 12.1 Å². The van der Waals surface area contributed by atoms with Crippen molar-refractivity contribution in [3.63, 3.8) is 0 Å². The molecule has 0 aromatic rings. The summed E-state index contributed by atoms with van der Waals surface area (Å²) in [6, 6.07) is 1.77. The second-order valence-corrected chi connectivity index (χ2v) is 3.38. The fourth-order valence-corrected chi connectivity index (χ4v) is 1.66. The summed E-state index contributed by atoms with van der Waals surface area (Å²) in [5.41, 5.74) is 0. The van der Waals surface area contributed by atoms with E-state index in [4.69, 9.17) is 5.26 Å². The van der Waals surface area contributed by atoms with Crippen molar-refractivity contribution in [3.8, 4) is 6.07 Å². The number of hydrogen-bond acceptors (Lipinski definition) is 4. The lowest BCUT2D eigenvalue weighted by Crippen LogP contribution is -2.57. The van der Waals surface area contributed by atoms with Crippen molar-refractivity contribution in [1.29, 1.82) is 5.26 Å². The molecule has 1 aliphatic rings. The summed E-state index contributed by atoms with van der Waals surface area (Å²) in [4.78, 5) is 13.3. The van der Waals surface area contributed by atoms with Gasteiger partial charge >= 0.3 is 0 Å². The van der Waals surface area contributed by atoms with Crippen LogP contribution in [0.4, 0.5) is 0 Å². The fourth-order valence-electron chi connectivity index (χ4n) is 1.66. The van der Waals surface area contributed by atoms with Gasteiger partial charge in [-0.05, 0) is 6.92 Å². The van der Waals surface area contributed by atoms with Crippen LogP contribution < -0.4 is 10.6 Å². The molecular formula is C9H16N4O. The van der Waals surface area contributed by atoms with Crippen LogP contribution in [0.15, 0.2) is 0 Å². The Morgan fingerprint density at radius 1 is 1.79 bits per heavy atom. The van der Waals surface area contributed by atoms with E-state index in [1.54, 1.807) is 7.05 Å². The third-order valence-corrected chi connectivity index (χ3v) is 2.56. The molecule has 78 valence electrons. The molecule has 0 aromatic heterocycles. The van der Waals surface area contributed by atoms with Crippen LogP contribution in [0, 0.1) is 11.3 Å². The molecule has 1 aliphatic heterocycles. The molecule has 0 aliphatic carbocycles. The van der Waals surface area contributed by atoms with E-state index in [-0.39, 0.29) is 18.0 Å². The van der Waals surface area contributed by atoms with E-state index in [0.29, 0.717) is 6.54 Å². The van der Waals surface area contributed by atoms with Crippen LogP contribution in [-0.4, -0.2) is 49.6 Å². The monoisotopic (exact) mass is 196 g/mol. The molecule has 0 aromatic carbocycles. The molecule has 1 heterocycles. The first-order valence-electron chi connectivity index (χ1n) is 4.78. The number of amides is 1. The smallest absolute Gasteiger partial charge is 0.236 e. The minimum Gasteiger partial charge on any atom is -0.358 e. The van der Waals surface area contributed by atoms with Gasteiger partial charge in [-0.2, -0.15) is 5.26 Å². The summed E-state index contributed by atoms with van der Waals surface area (Å²) in [5.74, 6) is -0.0350. The molecule has 0 bridgehead atoms. The molecule has 14 heavy (non-hydrogen) atoms. The van der Waals surface area contributed by atoms with E-state index in [9.17, 15) is 4.79 Å². The summed E-state index contributed by atoms with van der Waals surface area (Å²) < 4.78 is 0. The molecule has 2 atom stereocenters. The van der Waals surface area contributed by atoms with Crippen LogP contribution in [-0.2, 0) is 4.79 Å². The van der Waals surface area contributed by atoms with Crippen molar-refractivity contribution in [1.82, 2.24) is 15.5 Å². The van der Waals surface area contributed by atoms with Gasteiger partial charge in [0.15, 0.2) is 0 Å². The number of carbonyl (C=O) groups excluding carboxylic acids is 1. The largest absolute Gasteiger partial charge is 0.358 e. The highest BCUT2D eigenvalue weighted by Crippen LogP contribution is 2.07. The third-order valence-electron chi connectivity index (χ3n) is 2.56. The number of nitrogens with one attached hydrogen (secondary N) is 2. The first-order chi connectivity index (χ1) is 6.70. The van der Waals surface area contributed by atoms with Crippen LogP contribution in [0.2, 0.25) is 0 Å². The average Bonchev–Trinajstić information content (AvgIpc) is 2.26. The van der Waals surface area contributed by atoms with Crippen LogP contribution in [0.25, 0.3) is 0 Å². The lowest BCUT2D eigenvalue weighted by molar-refractivity contribution is -0.126. The Morgan fingerprint density at radius 2 is 2.50 bits per heavy atom. The van der Waals surface area contributed by atoms with Gasteiger partial charge in [0, 0.05) is 26.7 Å². The van der Waals surface area contributed by atoms with E-state index >= 15 is 0 Å². The second kappa shape index (κ2) is 4.94. The highest BCUT2D eigenvalue weighted by Gasteiger charge is 2.29. The molecule has 1 fully saturated rings. The van der Waals surface area contributed by atoms with Gasteiger partial charge in [-0.1, -0.05) is 0 Å². The first-order valence-corrected chi connectivity index (χ1v) is 4.78. The summed E-state index contributed by atoms with van der Waals surface area (Å²) in [6.45, 7) is 4.04. The van der Waals surface area contributed by atoms with Gasteiger partial charge in [-0.15, -0.1) is 0 Å². The number of piperazine rings is 1. The molecule has 0 saturated carbocycles. The van der Waals surface area contributed by atoms with E-state index in [2.05, 4.69) is 16.7 Å². The van der Waals surface area contributed by atoms with Crippen molar-refractivity contribution in [2.45, 2.75) is 19.0 Å².